The fourth-order valence-electron chi connectivity index (χ4n) is 3.45. The third-order valence-electron chi connectivity index (χ3n) is 5.07. The van der Waals surface area contributed by atoms with Gasteiger partial charge in [0.05, 0.1) is 28.4 Å². The van der Waals surface area contributed by atoms with E-state index >= 15 is 0 Å². The van der Waals surface area contributed by atoms with Crippen molar-refractivity contribution in [2.45, 2.75) is 13.0 Å². The van der Waals surface area contributed by atoms with Crippen molar-refractivity contribution in [2.24, 2.45) is 7.05 Å². The first-order valence-electron chi connectivity index (χ1n) is 10.0. The smallest absolute Gasteiger partial charge is 0.356 e. The van der Waals surface area contributed by atoms with Gasteiger partial charge in [0.1, 0.15) is 17.5 Å². The van der Waals surface area contributed by atoms with Crippen molar-refractivity contribution >= 4 is 52.2 Å². The Morgan fingerprint density at radius 3 is 2.52 bits per heavy atom. The molecular weight excluding hydrogens is 463 g/mol. The first-order valence-corrected chi connectivity index (χ1v) is 10.8. The van der Waals surface area contributed by atoms with Crippen LogP contribution in [-0.4, -0.2) is 32.8 Å². The van der Waals surface area contributed by atoms with E-state index in [0.29, 0.717) is 21.4 Å². The summed E-state index contributed by atoms with van der Waals surface area (Å²) in [7, 11) is 3.20. The molecule has 168 valence electrons. The van der Waals surface area contributed by atoms with E-state index in [4.69, 9.17) is 27.9 Å². The molecule has 0 fully saturated rings. The van der Waals surface area contributed by atoms with Crippen molar-refractivity contribution in [3.05, 3.63) is 81.5 Å². The summed E-state index contributed by atoms with van der Waals surface area (Å²) in [5.74, 6) is 0.183. The summed E-state index contributed by atoms with van der Waals surface area (Å²) in [4.78, 5) is 19.7. The molecule has 1 atom stereocenters. The SMILES string of the molecule is COC(=O)c1ccc(/C=C/c2nn(C)c3ccc(O[C@H](C)c4c(Cl)cncc4Cl)cc23)cn1. The number of carbonyl (C=O) groups excluding carboxylic acids is 1. The zero-order valence-corrected chi connectivity index (χ0v) is 19.6. The molecular formula is C24H20Cl2N4O3. The van der Waals surface area contributed by atoms with Crippen LogP contribution in [0.1, 0.15) is 40.3 Å². The Balaban J connectivity index is 1.60. The number of hydrogen-bond donors (Lipinski definition) is 0. The van der Waals surface area contributed by atoms with Crippen LogP contribution in [0.3, 0.4) is 0 Å². The first-order chi connectivity index (χ1) is 15.9. The highest BCUT2D eigenvalue weighted by Gasteiger charge is 2.17. The predicted octanol–water partition coefficient (Wildman–Crippen LogP) is 5.77. The molecule has 1 aromatic carbocycles. The molecule has 7 nitrogen and oxygen atoms in total. The van der Waals surface area contributed by atoms with Crippen molar-refractivity contribution in [3.63, 3.8) is 0 Å². The predicted molar refractivity (Wildman–Crippen MR) is 129 cm³/mol. The fraction of sp³-hybridized carbons (Fsp3) is 0.167. The molecule has 0 aliphatic heterocycles. The molecule has 0 saturated carbocycles. The number of rotatable bonds is 6. The van der Waals surface area contributed by atoms with Gasteiger partial charge in [0.15, 0.2) is 0 Å². The number of ether oxygens (including phenoxy) is 2. The largest absolute Gasteiger partial charge is 0.486 e. The van der Waals surface area contributed by atoms with E-state index < -0.39 is 5.97 Å². The van der Waals surface area contributed by atoms with Gasteiger partial charge in [-0.3, -0.25) is 9.67 Å². The molecule has 0 aliphatic carbocycles. The van der Waals surface area contributed by atoms with Gasteiger partial charge in [-0.25, -0.2) is 9.78 Å². The number of methoxy groups -OCH3 is 1. The third-order valence-corrected chi connectivity index (χ3v) is 5.68. The van der Waals surface area contributed by atoms with E-state index in [2.05, 4.69) is 19.8 Å². The number of halogens is 2. The van der Waals surface area contributed by atoms with Crippen LogP contribution in [0.4, 0.5) is 0 Å². The van der Waals surface area contributed by atoms with Crippen LogP contribution in [-0.2, 0) is 11.8 Å². The summed E-state index contributed by atoms with van der Waals surface area (Å²) in [5.41, 5.74) is 3.48. The van der Waals surface area contributed by atoms with E-state index in [9.17, 15) is 4.79 Å². The molecule has 0 unspecified atom stereocenters. The summed E-state index contributed by atoms with van der Waals surface area (Å²) in [6.07, 6.45) is 8.08. The van der Waals surface area contributed by atoms with Gasteiger partial charge in [-0.2, -0.15) is 5.10 Å². The molecule has 3 aromatic heterocycles. The van der Waals surface area contributed by atoms with Crippen molar-refractivity contribution in [2.75, 3.05) is 7.11 Å². The lowest BCUT2D eigenvalue weighted by Gasteiger charge is -2.17. The second kappa shape index (κ2) is 9.60. The molecule has 0 bridgehead atoms. The Kier molecular flexibility index (Phi) is 6.62. The number of aromatic nitrogens is 4. The molecule has 3 heterocycles. The van der Waals surface area contributed by atoms with Gasteiger partial charge in [-0.1, -0.05) is 35.3 Å². The van der Waals surface area contributed by atoms with E-state index in [1.807, 2.05) is 44.3 Å². The van der Waals surface area contributed by atoms with E-state index in [-0.39, 0.29) is 11.8 Å². The Morgan fingerprint density at radius 2 is 1.85 bits per heavy atom. The number of fused-ring (bicyclic) bond motifs is 1. The van der Waals surface area contributed by atoms with Gasteiger partial charge in [0.25, 0.3) is 0 Å². The average Bonchev–Trinajstić information content (AvgIpc) is 3.12. The van der Waals surface area contributed by atoms with Gasteiger partial charge < -0.3 is 9.47 Å². The van der Waals surface area contributed by atoms with Crippen molar-refractivity contribution in [1.82, 2.24) is 19.7 Å². The number of benzene rings is 1. The molecule has 0 amide bonds. The van der Waals surface area contributed by atoms with Gasteiger partial charge in [0, 0.05) is 36.6 Å². The molecule has 4 aromatic rings. The average molecular weight is 483 g/mol. The van der Waals surface area contributed by atoms with Crippen LogP contribution >= 0.6 is 23.2 Å². The summed E-state index contributed by atoms with van der Waals surface area (Å²) in [6.45, 7) is 1.88. The summed E-state index contributed by atoms with van der Waals surface area (Å²) >= 11 is 12.5. The summed E-state index contributed by atoms with van der Waals surface area (Å²) in [6, 6.07) is 9.17. The van der Waals surface area contributed by atoms with Gasteiger partial charge >= 0.3 is 5.97 Å². The quantitative estimate of drug-likeness (QED) is 0.324. The normalized spacial score (nSPS) is 12.3. The highest BCUT2D eigenvalue weighted by Crippen LogP contribution is 2.33. The van der Waals surface area contributed by atoms with Crippen LogP contribution in [0.5, 0.6) is 5.75 Å². The zero-order chi connectivity index (χ0) is 23.5. The molecule has 33 heavy (non-hydrogen) atoms. The topological polar surface area (TPSA) is 79.1 Å². The highest BCUT2D eigenvalue weighted by molar-refractivity contribution is 6.35. The van der Waals surface area contributed by atoms with E-state index in [0.717, 1.165) is 22.2 Å². The number of carbonyl (C=O) groups is 1. The molecule has 0 radical (unpaired) electrons. The van der Waals surface area contributed by atoms with Crippen molar-refractivity contribution in [3.8, 4) is 5.75 Å². The number of pyridine rings is 2. The van der Waals surface area contributed by atoms with E-state index in [1.54, 1.807) is 35.4 Å². The van der Waals surface area contributed by atoms with Crippen LogP contribution in [0, 0.1) is 0 Å². The standard InChI is InChI=1S/C24H20Cl2N4O3/c1-14(23-18(25)12-27-13-19(23)26)33-16-6-9-22-17(10-16)20(29-30(22)2)7-4-15-5-8-21(28-11-15)24(31)32-3/h4-14H,1-3H3/b7-4+/t14-/m1/s1. The number of nitrogens with zero attached hydrogens (tertiary/aromatic N) is 4. The second-order valence-corrected chi connectivity index (χ2v) is 8.08. The maximum absolute atomic E-state index is 11.5. The molecule has 4 rings (SSSR count). The Labute approximate surface area is 200 Å². The first kappa shape index (κ1) is 22.8. The number of esters is 1. The van der Waals surface area contributed by atoms with Crippen molar-refractivity contribution in [1.29, 1.82) is 0 Å². The monoisotopic (exact) mass is 482 g/mol. The number of hydrogen-bond acceptors (Lipinski definition) is 6. The lowest BCUT2D eigenvalue weighted by molar-refractivity contribution is 0.0594. The van der Waals surface area contributed by atoms with E-state index in [1.165, 1.54) is 7.11 Å². The molecule has 0 N–H and O–H groups in total. The highest BCUT2D eigenvalue weighted by atomic mass is 35.5. The maximum Gasteiger partial charge on any atom is 0.356 e. The number of aryl methyl sites for hydroxylation is 1. The zero-order valence-electron chi connectivity index (χ0n) is 18.1. The minimum absolute atomic E-state index is 0.253. The molecule has 0 saturated heterocycles. The van der Waals surface area contributed by atoms with Gasteiger partial charge in [-0.05, 0) is 42.8 Å². The Hall–Kier alpha value is -3.42. The minimum atomic E-state index is -0.475. The third kappa shape index (κ3) is 4.84. The minimum Gasteiger partial charge on any atom is -0.486 e. The molecule has 0 aliphatic rings. The summed E-state index contributed by atoms with van der Waals surface area (Å²) in [5, 5.41) is 6.42. The van der Waals surface area contributed by atoms with Crippen molar-refractivity contribution < 1.29 is 14.3 Å². The van der Waals surface area contributed by atoms with Crippen LogP contribution in [0.15, 0.2) is 48.9 Å². The molecule has 9 heteroatoms. The Morgan fingerprint density at radius 1 is 1.09 bits per heavy atom. The van der Waals surface area contributed by atoms with Gasteiger partial charge in [0.2, 0.25) is 0 Å². The van der Waals surface area contributed by atoms with Crippen LogP contribution in [0.25, 0.3) is 23.1 Å². The Bertz CT molecular complexity index is 1330. The van der Waals surface area contributed by atoms with Crippen LogP contribution in [0.2, 0.25) is 10.0 Å². The second-order valence-electron chi connectivity index (χ2n) is 7.27. The lowest BCUT2D eigenvalue weighted by Crippen LogP contribution is -2.05. The lowest BCUT2D eigenvalue weighted by atomic mass is 10.1. The molecule has 0 spiro atoms. The van der Waals surface area contributed by atoms with Crippen LogP contribution < -0.4 is 4.74 Å². The maximum atomic E-state index is 11.5. The summed E-state index contributed by atoms with van der Waals surface area (Å²) < 4.78 is 12.6. The fourth-order valence-corrected chi connectivity index (χ4v) is 4.12. The van der Waals surface area contributed by atoms with Gasteiger partial charge in [-0.15, -0.1) is 0 Å².